The van der Waals surface area contributed by atoms with Crippen molar-refractivity contribution in [3.63, 3.8) is 0 Å². The Kier molecular flexibility index (Phi) is 3.72. The second-order valence-corrected chi connectivity index (χ2v) is 5.53. The predicted molar refractivity (Wildman–Crippen MR) is 72.8 cm³/mol. The van der Waals surface area contributed by atoms with Gasteiger partial charge in [0, 0.05) is 5.69 Å². The Labute approximate surface area is 104 Å². The van der Waals surface area contributed by atoms with E-state index in [2.05, 4.69) is 51.2 Å². The van der Waals surface area contributed by atoms with Crippen molar-refractivity contribution in [1.82, 2.24) is 0 Å². The number of anilines is 1. The average Bonchev–Trinajstić information content (AvgIpc) is 2.23. The van der Waals surface area contributed by atoms with E-state index in [9.17, 15) is 0 Å². The van der Waals surface area contributed by atoms with Gasteiger partial charge in [0.15, 0.2) is 0 Å². The molecule has 1 aromatic rings. The largest absolute Gasteiger partial charge is 0.377 e. The Bertz CT molecular complexity index is 381. The van der Waals surface area contributed by atoms with Crippen molar-refractivity contribution in [1.29, 1.82) is 0 Å². The van der Waals surface area contributed by atoms with Crippen molar-refractivity contribution in [2.45, 2.75) is 45.6 Å². The van der Waals surface area contributed by atoms with E-state index < -0.39 is 0 Å². The molecule has 2 rings (SSSR count). The molecular formula is C15H23NO. The normalized spacial score (nSPS) is 16.4. The molecule has 0 aliphatic carbocycles. The van der Waals surface area contributed by atoms with Gasteiger partial charge in [-0.2, -0.15) is 0 Å². The first-order chi connectivity index (χ1) is 8.08. The third-order valence-electron chi connectivity index (χ3n) is 3.36. The number of rotatable bonds is 4. The summed E-state index contributed by atoms with van der Waals surface area (Å²) in [6, 6.07) is 7.30. The summed E-state index contributed by atoms with van der Waals surface area (Å²) in [6.07, 6.45) is 0. The summed E-state index contributed by atoms with van der Waals surface area (Å²) in [5, 5.41) is 3.57. The third kappa shape index (κ3) is 2.81. The summed E-state index contributed by atoms with van der Waals surface area (Å²) >= 11 is 0. The van der Waals surface area contributed by atoms with Gasteiger partial charge in [-0.25, -0.2) is 0 Å². The molecule has 1 saturated heterocycles. The minimum Gasteiger partial charge on any atom is -0.377 e. The van der Waals surface area contributed by atoms with Crippen LogP contribution in [0.25, 0.3) is 0 Å². The van der Waals surface area contributed by atoms with E-state index in [1.807, 2.05) is 0 Å². The SMILES string of the molecule is CC(C)c1ccc(NC2COC2)c(C(C)C)c1. The smallest absolute Gasteiger partial charge is 0.0728 e. The third-order valence-corrected chi connectivity index (χ3v) is 3.36. The maximum Gasteiger partial charge on any atom is 0.0728 e. The van der Waals surface area contributed by atoms with Crippen LogP contribution in [0.3, 0.4) is 0 Å². The van der Waals surface area contributed by atoms with Gasteiger partial charge in [0.2, 0.25) is 0 Å². The van der Waals surface area contributed by atoms with E-state index >= 15 is 0 Å². The van der Waals surface area contributed by atoms with E-state index in [1.54, 1.807) is 0 Å². The Morgan fingerprint density at radius 3 is 2.29 bits per heavy atom. The van der Waals surface area contributed by atoms with E-state index in [-0.39, 0.29) is 0 Å². The number of hydrogen-bond acceptors (Lipinski definition) is 2. The molecule has 0 spiro atoms. The van der Waals surface area contributed by atoms with Crippen LogP contribution < -0.4 is 5.32 Å². The molecule has 1 N–H and O–H groups in total. The van der Waals surface area contributed by atoms with E-state index in [4.69, 9.17) is 4.74 Å². The Hall–Kier alpha value is -1.02. The van der Waals surface area contributed by atoms with Gasteiger partial charge >= 0.3 is 0 Å². The van der Waals surface area contributed by atoms with Gasteiger partial charge < -0.3 is 10.1 Å². The first-order valence-electron chi connectivity index (χ1n) is 6.56. The van der Waals surface area contributed by atoms with Crippen LogP contribution in [0.15, 0.2) is 18.2 Å². The minimum absolute atomic E-state index is 0.498. The first-order valence-corrected chi connectivity index (χ1v) is 6.56. The van der Waals surface area contributed by atoms with Gasteiger partial charge in [-0.15, -0.1) is 0 Å². The van der Waals surface area contributed by atoms with Crippen LogP contribution in [-0.2, 0) is 4.74 Å². The molecule has 17 heavy (non-hydrogen) atoms. The van der Waals surface area contributed by atoms with Crippen LogP contribution in [0.1, 0.15) is 50.7 Å². The molecule has 0 bridgehead atoms. The highest BCUT2D eigenvalue weighted by atomic mass is 16.5. The Morgan fingerprint density at radius 2 is 1.82 bits per heavy atom. The van der Waals surface area contributed by atoms with Crippen LogP contribution in [0.4, 0.5) is 5.69 Å². The quantitative estimate of drug-likeness (QED) is 0.855. The number of nitrogens with one attached hydrogen (secondary N) is 1. The molecule has 94 valence electrons. The molecule has 0 radical (unpaired) electrons. The summed E-state index contributed by atoms with van der Waals surface area (Å²) in [6.45, 7) is 10.7. The summed E-state index contributed by atoms with van der Waals surface area (Å²) in [7, 11) is 0. The van der Waals surface area contributed by atoms with Crippen molar-refractivity contribution in [2.24, 2.45) is 0 Å². The van der Waals surface area contributed by atoms with Gasteiger partial charge in [0.05, 0.1) is 19.3 Å². The minimum atomic E-state index is 0.498. The maximum atomic E-state index is 5.21. The van der Waals surface area contributed by atoms with E-state index in [0.717, 1.165) is 13.2 Å². The zero-order valence-corrected chi connectivity index (χ0v) is 11.3. The molecule has 1 aliphatic heterocycles. The number of benzene rings is 1. The highest BCUT2D eigenvalue weighted by molar-refractivity contribution is 5.55. The highest BCUT2D eigenvalue weighted by Gasteiger charge is 2.19. The van der Waals surface area contributed by atoms with Crippen LogP contribution >= 0.6 is 0 Å². The van der Waals surface area contributed by atoms with E-state index in [1.165, 1.54) is 16.8 Å². The molecule has 0 amide bonds. The van der Waals surface area contributed by atoms with Crippen molar-refractivity contribution in [3.8, 4) is 0 Å². The molecule has 2 nitrogen and oxygen atoms in total. The molecule has 1 fully saturated rings. The van der Waals surface area contributed by atoms with Gasteiger partial charge in [-0.3, -0.25) is 0 Å². The second kappa shape index (κ2) is 5.09. The lowest BCUT2D eigenvalue weighted by Crippen LogP contribution is -2.40. The fourth-order valence-electron chi connectivity index (χ4n) is 2.09. The zero-order chi connectivity index (χ0) is 12.4. The molecular weight excluding hydrogens is 210 g/mol. The summed E-state index contributed by atoms with van der Waals surface area (Å²) < 4.78 is 5.21. The summed E-state index contributed by atoms with van der Waals surface area (Å²) in [5.74, 6) is 1.14. The molecule has 1 aromatic carbocycles. The summed E-state index contributed by atoms with van der Waals surface area (Å²) in [4.78, 5) is 0. The topological polar surface area (TPSA) is 21.3 Å². The van der Waals surface area contributed by atoms with Crippen molar-refractivity contribution >= 4 is 5.69 Å². The van der Waals surface area contributed by atoms with Crippen LogP contribution in [-0.4, -0.2) is 19.3 Å². The van der Waals surface area contributed by atoms with Gasteiger partial charge in [-0.1, -0.05) is 39.8 Å². The standard InChI is InChI=1S/C15H23NO/c1-10(2)12-5-6-15(14(7-12)11(3)4)16-13-8-17-9-13/h5-7,10-11,13,16H,8-9H2,1-4H3. The number of ether oxygens (including phenoxy) is 1. The molecule has 0 saturated carbocycles. The highest BCUT2D eigenvalue weighted by Crippen LogP contribution is 2.29. The Balaban J connectivity index is 2.23. The van der Waals surface area contributed by atoms with Crippen LogP contribution in [0.5, 0.6) is 0 Å². The molecule has 1 heterocycles. The molecule has 0 aromatic heterocycles. The fraction of sp³-hybridized carbons (Fsp3) is 0.600. The predicted octanol–water partition coefficient (Wildman–Crippen LogP) is 3.74. The molecule has 2 heteroatoms. The summed E-state index contributed by atoms with van der Waals surface area (Å²) in [5.41, 5.74) is 4.12. The fourth-order valence-corrected chi connectivity index (χ4v) is 2.09. The first kappa shape index (κ1) is 12.4. The molecule has 1 aliphatic rings. The maximum absolute atomic E-state index is 5.21. The van der Waals surface area contributed by atoms with Crippen LogP contribution in [0, 0.1) is 0 Å². The van der Waals surface area contributed by atoms with Gasteiger partial charge in [-0.05, 0) is 29.0 Å². The van der Waals surface area contributed by atoms with Gasteiger partial charge in [0.25, 0.3) is 0 Å². The van der Waals surface area contributed by atoms with Crippen molar-refractivity contribution < 1.29 is 4.74 Å². The lowest BCUT2D eigenvalue weighted by atomic mass is 9.94. The molecule has 0 atom stereocenters. The number of hydrogen-bond donors (Lipinski definition) is 1. The lowest BCUT2D eigenvalue weighted by molar-refractivity contribution is 0.0210. The molecule has 0 unspecified atom stereocenters. The second-order valence-electron chi connectivity index (χ2n) is 5.53. The zero-order valence-electron chi connectivity index (χ0n) is 11.3. The lowest BCUT2D eigenvalue weighted by Gasteiger charge is -2.29. The average molecular weight is 233 g/mol. The van der Waals surface area contributed by atoms with E-state index in [0.29, 0.717) is 17.9 Å². The monoisotopic (exact) mass is 233 g/mol. The Morgan fingerprint density at radius 1 is 1.12 bits per heavy atom. The van der Waals surface area contributed by atoms with Crippen LogP contribution in [0.2, 0.25) is 0 Å². The van der Waals surface area contributed by atoms with Crippen molar-refractivity contribution in [2.75, 3.05) is 18.5 Å². The van der Waals surface area contributed by atoms with Gasteiger partial charge in [0.1, 0.15) is 0 Å². The van der Waals surface area contributed by atoms with Crippen molar-refractivity contribution in [3.05, 3.63) is 29.3 Å².